The van der Waals surface area contributed by atoms with Gasteiger partial charge in [-0.05, 0) is 23.6 Å². The standard InChI is InChI=1S/C13H13N3O3S/c14-12(16-18)8-19-10-4-1-3-9(7-10)15-13(17)11-5-2-6-20-11/h1-7,18H,8H2,(H2,14,16)(H,15,17). The molecule has 0 atom stereocenters. The Bertz CT molecular complexity index is 611. The molecule has 0 saturated heterocycles. The zero-order chi connectivity index (χ0) is 14.4. The number of oxime groups is 1. The Morgan fingerprint density at radius 3 is 2.95 bits per heavy atom. The van der Waals surface area contributed by atoms with Crippen molar-refractivity contribution in [1.29, 1.82) is 0 Å². The van der Waals surface area contributed by atoms with Crippen LogP contribution in [0.4, 0.5) is 5.69 Å². The smallest absolute Gasteiger partial charge is 0.265 e. The van der Waals surface area contributed by atoms with E-state index in [1.54, 1.807) is 30.3 Å². The fourth-order valence-corrected chi connectivity index (χ4v) is 2.07. The van der Waals surface area contributed by atoms with Crippen molar-refractivity contribution in [2.45, 2.75) is 0 Å². The third-order valence-corrected chi connectivity index (χ3v) is 3.22. The number of carbonyl (C=O) groups excluding carboxylic acids is 1. The summed E-state index contributed by atoms with van der Waals surface area (Å²) in [6.45, 7) is -0.0289. The van der Waals surface area contributed by atoms with Crippen molar-refractivity contribution >= 4 is 28.8 Å². The molecule has 0 fully saturated rings. The highest BCUT2D eigenvalue weighted by molar-refractivity contribution is 7.12. The maximum Gasteiger partial charge on any atom is 0.265 e. The van der Waals surface area contributed by atoms with Crippen molar-refractivity contribution in [3.05, 3.63) is 46.7 Å². The molecule has 4 N–H and O–H groups in total. The van der Waals surface area contributed by atoms with Crippen LogP contribution in [0.1, 0.15) is 9.67 Å². The van der Waals surface area contributed by atoms with E-state index in [4.69, 9.17) is 15.7 Å². The molecular weight excluding hydrogens is 278 g/mol. The zero-order valence-electron chi connectivity index (χ0n) is 10.4. The van der Waals surface area contributed by atoms with Gasteiger partial charge in [-0.1, -0.05) is 17.3 Å². The van der Waals surface area contributed by atoms with E-state index in [1.165, 1.54) is 11.3 Å². The lowest BCUT2D eigenvalue weighted by atomic mass is 10.3. The van der Waals surface area contributed by atoms with Crippen LogP contribution in [0.5, 0.6) is 5.75 Å². The summed E-state index contributed by atoms with van der Waals surface area (Å²) in [5.74, 6) is 0.312. The third kappa shape index (κ3) is 3.72. The van der Waals surface area contributed by atoms with Gasteiger partial charge in [-0.2, -0.15) is 0 Å². The molecule has 1 amide bonds. The molecular formula is C13H13N3O3S. The highest BCUT2D eigenvalue weighted by atomic mass is 32.1. The SMILES string of the molecule is N/C(COc1cccc(NC(=O)c2cccs2)c1)=N\O. The summed E-state index contributed by atoms with van der Waals surface area (Å²) >= 11 is 1.37. The van der Waals surface area contributed by atoms with Gasteiger partial charge in [-0.3, -0.25) is 4.79 Å². The molecule has 1 heterocycles. The number of amides is 1. The molecule has 0 aliphatic heterocycles. The second kappa shape index (κ2) is 6.58. The average Bonchev–Trinajstić information content (AvgIpc) is 2.99. The highest BCUT2D eigenvalue weighted by Crippen LogP contribution is 2.19. The largest absolute Gasteiger partial charge is 0.485 e. The quantitative estimate of drug-likeness (QED) is 0.340. The molecule has 0 saturated carbocycles. The number of hydrogen-bond acceptors (Lipinski definition) is 5. The number of nitrogens with one attached hydrogen (secondary N) is 1. The molecule has 2 rings (SSSR count). The van der Waals surface area contributed by atoms with E-state index in [0.717, 1.165) is 0 Å². The van der Waals surface area contributed by atoms with Crippen LogP contribution in [-0.4, -0.2) is 23.6 Å². The first-order valence-corrected chi connectivity index (χ1v) is 6.61. The van der Waals surface area contributed by atoms with Crippen LogP contribution in [-0.2, 0) is 0 Å². The van der Waals surface area contributed by atoms with Gasteiger partial charge in [0, 0.05) is 11.8 Å². The van der Waals surface area contributed by atoms with Gasteiger partial charge in [0.2, 0.25) is 0 Å². The topological polar surface area (TPSA) is 96.9 Å². The Morgan fingerprint density at radius 2 is 2.25 bits per heavy atom. The number of ether oxygens (including phenoxy) is 1. The van der Waals surface area contributed by atoms with Crippen molar-refractivity contribution in [2.75, 3.05) is 11.9 Å². The maximum atomic E-state index is 11.9. The van der Waals surface area contributed by atoms with E-state index in [2.05, 4.69) is 10.5 Å². The molecule has 104 valence electrons. The van der Waals surface area contributed by atoms with E-state index in [1.807, 2.05) is 11.4 Å². The molecule has 2 aromatic rings. The van der Waals surface area contributed by atoms with Gasteiger partial charge in [-0.15, -0.1) is 11.3 Å². The summed E-state index contributed by atoms with van der Waals surface area (Å²) in [7, 11) is 0. The number of nitrogens with two attached hydrogens (primary N) is 1. The summed E-state index contributed by atoms with van der Waals surface area (Å²) in [4.78, 5) is 12.5. The normalized spacial score (nSPS) is 11.1. The molecule has 7 heteroatoms. The predicted molar refractivity (Wildman–Crippen MR) is 77.6 cm³/mol. The minimum Gasteiger partial charge on any atom is -0.485 e. The highest BCUT2D eigenvalue weighted by Gasteiger charge is 2.07. The molecule has 0 radical (unpaired) electrons. The number of benzene rings is 1. The Morgan fingerprint density at radius 1 is 1.40 bits per heavy atom. The monoisotopic (exact) mass is 291 g/mol. The summed E-state index contributed by atoms with van der Waals surface area (Å²) < 4.78 is 5.31. The number of carbonyl (C=O) groups is 1. The van der Waals surface area contributed by atoms with E-state index < -0.39 is 0 Å². The second-order valence-corrected chi connectivity index (χ2v) is 4.79. The van der Waals surface area contributed by atoms with Crippen LogP contribution in [0, 0.1) is 0 Å². The molecule has 0 bridgehead atoms. The Labute approximate surface area is 119 Å². The predicted octanol–water partition coefficient (Wildman–Crippen LogP) is 2.13. The first kappa shape index (κ1) is 13.9. The van der Waals surface area contributed by atoms with E-state index in [9.17, 15) is 4.79 Å². The zero-order valence-corrected chi connectivity index (χ0v) is 11.3. The number of anilines is 1. The molecule has 0 aliphatic carbocycles. The van der Waals surface area contributed by atoms with Gasteiger partial charge in [-0.25, -0.2) is 0 Å². The first-order valence-electron chi connectivity index (χ1n) is 5.73. The van der Waals surface area contributed by atoms with Crippen molar-refractivity contribution < 1.29 is 14.7 Å². The van der Waals surface area contributed by atoms with Gasteiger partial charge in [0.15, 0.2) is 5.84 Å². The number of amidine groups is 1. The minimum atomic E-state index is -0.173. The maximum absolute atomic E-state index is 11.9. The van der Waals surface area contributed by atoms with Crippen LogP contribution >= 0.6 is 11.3 Å². The Kier molecular flexibility index (Phi) is 4.56. The molecule has 6 nitrogen and oxygen atoms in total. The number of thiophene rings is 1. The van der Waals surface area contributed by atoms with Crippen LogP contribution in [0.25, 0.3) is 0 Å². The van der Waals surface area contributed by atoms with Crippen LogP contribution in [0.2, 0.25) is 0 Å². The van der Waals surface area contributed by atoms with Crippen molar-refractivity contribution in [1.82, 2.24) is 0 Å². The van der Waals surface area contributed by atoms with Crippen LogP contribution in [0.15, 0.2) is 46.9 Å². The lowest BCUT2D eigenvalue weighted by Gasteiger charge is -2.08. The minimum absolute atomic E-state index is 0.0289. The number of rotatable bonds is 5. The van der Waals surface area contributed by atoms with Gasteiger partial charge < -0.3 is 21.0 Å². The lowest BCUT2D eigenvalue weighted by Crippen LogP contribution is -2.20. The third-order valence-electron chi connectivity index (χ3n) is 2.35. The lowest BCUT2D eigenvalue weighted by molar-refractivity contribution is 0.103. The molecule has 1 aromatic heterocycles. The first-order chi connectivity index (χ1) is 9.69. The van der Waals surface area contributed by atoms with Gasteiger partial charge in [0.05, 0.1) is 4.88 Å². The molecule has 20 heavy (non-hydrogen) atoms. The second-order valence-electron chi connectivity index (χ2n) is 3.84. The summed E-state index contributed by atoms with van der Waals surface area (Å²) in [5.41, 5.74) is 5.92. The summed E-state index contributed by atoms with van der Waals surface area (Å²) in [6.07, 6.45) is 0. The average molecular weight is 291 g/mol. The Hall–Kier alpha value is -2.54. The molecule has 1 aromatic carbocycles. The van der Waals surface area contributed by atoms with E-state index in [0.29, 0.717) is 16.3 Å². The number of nitrogens with zero attached hydrogens (tertiary/aromatic N) is 1. The van der Waals surface area contributed by atoms with Crippen molar-refractivity contribution in [3.63, 3.8) is 0 Å². The van der Waals surface area contributed by atoms with E-state index in [-0.39, 0.29) is 18.3 Å². The van der Waals surface area contributed by atoms with Crippen LogP contribution < -0.4 is 15.8 Å². The van der Waals surface area contributed by atoms with Gasteiger partial charge >= 0.3 is 0 Å². The van der Waals surface area contributed by atoms with Gasteiger partial charge in [0.25, 0.3) is 5.91 Å². The summed E-state index contributed by atoms with van der Waals surface area (Å²) in [6, 6.07) is 10.4. The number of hydrogen-bond donors (Lipinski definition) is 3. The summed E-state index contributed by atoms with van der Waals surface area (Å²) in [5, 5.41) is 15.8. The van der Waals surface area contributed by atoms with E-state index >= 15 is 0 Å². The van der Waals surface area contributed by atoms with Crippen molar-refractivity contribution in [2.24, 2.45) is 10.9 Å². The molecule has 0 spiro atoms. The fraction of sp³-hybridized carbons (Fsp3) is 0.0769. The van der Waals surface area contributed by atoms with Crippen molar-refractivity contribution in [3.8, 4) is 5.75 Å². The molecule has 0 aliphatic rings. The fourth-order valence-electron chi connectivity index (χ4n) is 1.45. The van der Waals surface area contributed by atoms with Gasteiger partial charge in [0.1, 0.15) is 12.4 Å². The van der Waals surface area contributed by atoms with Crippen LogP contribution in [0.3, 0.4) is 0 Å². The molecule has 0 unspecified atom stereocenters. The Balaban J connectivity index is 2.01.